The van der Waals surface area contributed by atoms with Crippen LogP contribution in [-0.4, -0.2) is 63.0 Å². The highest BCUT2D eigenvalue weighted by Crippen LogP contribution is 2.29. The zero-order chi connectivity index (χ0) is 24.1. The van der Waals surface area contributed by atoms with E-state index in [0.29, 0.717) is 31.4 Å². The minimum Gasteiger partial charge on any atom is -0.492 e. The Bertz CT molecular complexity index is 973. The summed E-state index contributed by atoms with van der Waals surface area (Å²) in [5, 5.41) is 13.7. The number of ether oxygens (including phenoxy) is 2. The Morgan fingerprint density at radius 2 is 1.97 bits per heavy atom. The first-order chi connectivity index (χ1) is 16.3. The molecule has 34 heavy (non-hydrogen) atoms. The molecule has 2 fully saturated rings. The van der Waals surface area contributed by atoms with Gasteiger partial charge in [0, 0.05) is 32.3 Å². The standard InChI is InChI=1S/C25H34N4O5/c1-25(2,24(31)32)15-22(30)28-12-9-18(10-13-28)17-34-19-6-7-20(26-16-19)21-8-11-27-29(21)23-5-3-4-14-33-23/h6-8,11,16,18,23H,3-5,9-10,12-15,17H2,1-2H3,(H,31,32). The predicted octanol–water partition coefficient (Wildman–Crippen LogP) is 3.76. The third-order valence-electron chi connectivity index (χ3n) is 6.72. The van der Waals surface area contributed by atoms with Gasteiger partial charge < -0.3 is 19.5 Å². The topological polar surface area (TPSA) is 107 Å². The Morgan fingerprint density at radius 1 is 1.18 bits per heavy atom. The number of hydrogen-bond acceptors (Lipinski definition) is 6. The molecule has 1 N–H and O–H groups in total. The predicted molar refractivity (Wildman–Crippen MR) is 125 cm³/mol. The van der Waals surface area contributed by atoms with E-state index in [4.69, 9.17) is 9.47 Å². The molecule has 2 aliphatic rings. The summed E-state index contributed by atoms with van der Waals surface area (Å²) in [6.07, 6.45) is 8.36. The van der Waals surface area contributed by atoms with E-state index < -0.39 is 11.4 Å². The second kappa shape index (κ2) is 10.5. The van der Waals surface area contributed by atoms with E-state index in [-0.39, 0.29) is 18.6 Å². The Kier molecular flexibility index (Phi) is 7.50. The summed E-state index contributed by atoms with van der Waals surface area (Å²) in [5.41, 5.74) is 0.717. The largest absolute Gasteiger partial charge is 0.492 e. The summed E-state index contributed by atoms with van der Waals surface area (Å²) in [5.74, 6) is 0.0199. The molecule has 2 aromatic heterocycles. The highest BCUT2D eigenvalue weighted by atomic mass is 16.5. The number of aliphatic carboxylic acids is 1. The highest BCUT2D eigenvalue weighted by Gasteiger charge is 2.33. The van der Waals surface area contributed by atoms with Crippen molar-refractivity contribution in [2.24, 2.45) is 11.3 Å². The van der Waals surface area contributed by atoms with Crippen molar-refractivity contribution in [3.05, 3.63) is 30.6 Å². The average Bonchev–Trinajstić information content (AvgIpc) is 3.33. The lowest BCUT2D eigenvalue weighted by atomic mass is 9.88. The van der Waals surface area contributed by atoms with Crippen molar-refractivity contribution in [1.29, 1.82) is 0 Å². The van der Waals surface area contributed by atoms with Gasteiger partial charge in [-0.15, -0.1) is 0 Å². The van der Waals surface area contributed by atoms with E-state index in [1.807, 2.05) is 22.9 Å². The number of likely N-dealkylation sites (tertiary alicyclic amines) is 1. The fraction of sp³-hybridized carbons (Fsp3) is 0.600. The summed E-state index contributed by atoms with van der Waals surface area (Å²) >= 11 is 0. The number of aromatic nitrogens is 3. The van der Waals surface area contributed by atoms with Gasteiger partial charge in [-0.05, 0) is 70.1 Å². The first-order valence-corrected chi connectivity index (χ1v) is 12.1. The first kappa shape index (κ1) is 24.2. The quantitative estimate of drug-likeness (QED) is 0.626. The van der Waals surface area contributed by atoms with Crippen molar-refractivity contribution in [1.82, 2.24) is 19.7 Å². The summed E-state index contributed by atoms with van der Waals surface area (Å²) in [4.78, 5) is 30.1. The molecule has 2 saturated heterocycles. The maximum atomic E-state index is 12.5. The second-order valence-corrected chi connectivity index (χ2v) is 9.86. The average molecular weight is 471 g/mol. The van der Waals surface area contributed by atoms with Crippen LogP contribution in [0.1, 0.15) is 58.6 Å². The van der Waals surface area contributed by atoms with Crippen LogP contribution in [0.3, 0.4) is 0 Å². The van der Waals surface area contributed by atoms with Crippen LogP contribution in [0.5, 0.6) is 5.75 Å². The summed E-state index contributed by atoms with van der Waals surface area (Å²) in [6, 6.07) is 5.82. The molecule has 4 heterocycles. The number of carbonyl (C=O) groups excluding carboxylic acids is 1. The van der Waals surface area contributed by atoms with Gasteiger partial charge in [0.1, 0.15) is 5.75 Å². The van der Waals surface area contributed by atoms with Gasteiger partial charge in [0.05, 0.1) is 29.6 Å². The van der Waals surface area contributed by atoms with Gasteiger partial charge in [-0.2, -0.15) is 5.10 Å². The lowest BCUT2D eigenvalue weighted by molar-refractivity contribution is -0.151. The summed E-state index contributed by atoms with van der Waals surface area (Å²) in [6.45, 7) is 5.77. The van der Waals surface area contributed by atoms with Gasteiger partial charge in [-0.25, -0.2) is 4.68 Å². The third-order valence-corrected chi connectivity index (χ3v) is 6.72. The van der Waals surface area contributed by atoms with Crippen molar-refractivity contribution in [2.45, 2.75) is 58.6 Å². The lowest BCUT2D eigenvalue weighted by Gasteiger charge is -2.33. The number of nitrogens with zero attached hydrogens (tertiary/aromatic N) is 4. The zero-order valence-corrected chi connectivity index (χ0v) is 20.0. The number of hydrogen-bond donors (Lipinski definition) is 1. The smallest absolute Gasteiger partial charge is 0.309 e. The van der Waals surface area contributed by atoms with Gasteiger partial charge in [-0.1, -0.05) is 0 Å². The molecule has 1 atom stereocenters. The molecule has 1 unspecified atom stereocenters. The van der Waals surface area contributed by atoms with Crippen LogP contribution in [-0.2, 0) is 14.3 Å². The third kappa shape index (κ3) is 5.75. The maximum absolute atomic E-state index is 12.5. The molecule has 2 aliphatic heterocycles. The van der Waals surface area contributed by atoms with E-state index in [1.165, 1.54) is 0 Å². The molecule has 4 rings (SSSR count). The number of pyridine rings is 1. The fourth-order valence-corrected chi connectivity index (χ4v) is 4.41. The van der Waals surface area contributed by atoms with E-state index >= 15 is 0 Å². The van der Waals surface area contributed by atoms with Gasteiger partial charge in [-0.3, -0.25) is 14.6 Å². The number of carboxylic acids is 1. The molecule has 0 spiro atoms. The highest BCUT2D eigenvalue weighted by molar-refractivity contribution is 5.84. The molecule has 2 aromatic rings. The van der Waals surface area contributed by atoms with E-state index in [1.54, 1.807) is 31.1 Å². The minimum absolute atomic E-state index is 0.0211. The molecule has 9 nitrogen and oxygen atoms in total. The number of carbonyl (C=O) groups is 2. The SMILES string of the molecule is CC(C)(CC(=O)N1CCC(COc2ccc(-c3ccnn3C3CCCCO3)nc2)CC1)C(=O)O. The van der Waals surface area contributed by atoms with Gasteiger partial charge >= 0.3 is 5.97 Å². The minimum atomic E-state index is -1.04. The van der Waals surface area contributed by atoms with Crippen LogP contribution in [0.15, 0.2) is 30.6 Å². The molecule has 0 aliphatic carbocycles. The van der Waals surface area contributed by atoms with Crippen molar-refractivity contribution in [3.63, 3.8) is 0 Å². The van der Waals surface area contributed by atoms with Crippen LogP contribution in [0, 0.1) is 11.3 Å². The Hall–Kier alpha value is -2.94. The summed E-state index contributed by atoms with van der Waals surface area (Å²) < 4.78 is 13.8. The molecular formula is C25H34N4O5. The maximum Gasteiger partial charge on any atom is 0.309 e. The van der Waals surface area contributed by atoms with Gasteiger partial charge in [0.25, 0.3) is 0 Å². The number of amides is 1. The van der Waals surface area contributed by atoms with Crippen LogP contribution in [0.4, 0.5) is 0 Å². The van der Waals surface area contributed by atoms with Crippen molar-refractivity contribution in [2.75, 3.05) is 26.3 Å². The molecule has 1 amide bonds. The molecule has 0 bridgehead atoms. The van der Waals surface area contributed by atoms with Crippen LogP contribution in [0.2, 0.25) is 0 Å². The molecule has 0 aromatic carbocycles. The normalized spacial score (nSPS) is 19.7. The monoisotopic (exact) mass is 470 g/mol. The van der Waals surface area contributed by atoms with Crippen LogP contribution in [0.25, 0.3) is 11.4 Å². The number of piperidine rings is 1. The Labute approximate surface area is 200 Å². The van der Waals surface area contributed by atoms with Crippen molar-refractivity contribution in [3.8, 4) is 17.1 Å². The van der Waals surface area contributed by atoms with E-state index in [0.717, 1.165) is 50.1 Å². The second-order valence-electron chi connectivity index (χ2n) is 9.86. The molecule has 0 saturated carbocycles. The molecule has 0 radical (unpaired) electrons. The number of carboxylic acid groups (broad SMARTS) is 1. The fourth-order valence-electron chi connectivity index (χ4n) is 4.41. The van der Waals surface area contributed by atoms with E-state index in [2.05, 4.69) is 10.1 Å². The Balaban J connectivity index is 1.25. The molecule has 184 valence electrons. The Morgan fingerprint density at radius 3 is 2.62 bits per heavy atom. The van der Waals surface area contributed by atoms with Gasteiger partial charge in [0.15, 0.2) is 6.23 Å². The first-order valence-electron chi connectivity index (χ1n) is 12.1. The number of rotatable bonds is 8. The zero-order valence-electron chi connectivity index (χ0n) is 20.0. The molecule has 9 heteroatoms. The summed E-state index contributed by atoms with van der Waals surface area (Å²) in [7, 11) is 0. The van der Waals surface area contributed by atoms with Crippen molar-refractivity contribution < 1.29 is 24.2 Å². The van der Waals surface area contributed by atoms with Crippen LogP contribution < -0.4 is 4.74 Å². The van der Waals surface area contributed by atoms with E-state index in [9.17, 15) is 14.7 Å². The lowest BCUT2D eigenvalue weighted by Crippen LogP contribution is -2.42. The molecular weight excluding hydrogens is 436 g/mol. The van der Waals surface area contributed by atoms with Crippen LogP contribution >= 0.6 is 0 Å². The van der Waals surface area contributed by atoms with Gasteiger partial charge in [0.2, 0.25) is 5.91 Å². The van der Waals surface area contributed by atoms with Crippen molar-refractivity contribution >= 4 is 11.9 Å².